The fourth-order valence-electron chi connectivity index (χ4n) is 6.85. The van der Waals surface area contributed by atoms with Gasteiger partial charge in [-0.15, -0.1) is 0 Å². The van der Waals surface area contributed by atoms with Gasteiger partial charge in [0.05, 0.1) is 11.1 Å². The molecule has 5 heteroatoms. The first-order chi connectivity index (χ1) is 23.8. The number of fused-ring (bicyclic) bond motifs is 8. The zero-order valence-electron chi connectivity index (χ0n) is 25.6. The van der Waals surface area contributed by atoms with Gasteiger partial charge in [0.2, 0.25) is 5.89 Å². The van der Waals surface area contributed by atoms with Crippen LogP contribution in [0.25, 0.3) is 77.6 Å². The van der Waals surface area contributed by atoms with E-state index in [0.29, 0.717) is 5.89 Å². The van der Waals surface area contributed by atoms with Crippen LogP contribution >= 0.6 is 0 Å². The van der Waals surface area contributed by atoms with Crippen molar-refractivity contribution in [1.29, 1.82) is 0 Å². The number of aromatic nitrogens is 1. The van der Waals surface area contributed by atoms with Crippen LogP contribution in [0.2, 0.25) is 0 Å². The minimum Gasteiger partial charge on any atom is -0.456 e. The zero-order valence-corrected chi connectivity index (χ0v) is 25.6. The molecular weight excluding hydrogens is 592 g/mol. The molecular formula is C43H26N2O3. The van der Waals surface area contributed by atoms with Crippen molar-refractivity contribution >= 4 is 72.0 Å². The molecule has 0 spiro atoms. The van der Waals surface area contributed by atoms with Crippen molar-refractivity contribution < 1.29 is 13.3 Å². The minimum absolute atomic E-state index is 0.584. The maximum Gasteiger partial charge on any atom is 0.227 e. The van der Waals surface area contributed by atoms with E-state index >= 15 is 0 Å². The average Bonchev–Trinajstić information content (AvgIpc) is 3.86. The van der Waals surface area contributed by atoms with Crippen LogP contribution in [-0.2, 0) is 0 Å². The van der Waals surface area contributed by atoms with Crippen molar-refractivity contribution in [2.24, 2.45) is 0 Å². The minimum atomic E-state index is 0.584. The quantitative estimate of drug-likeness (QED) is 0.192. The average molecular weight is 619 g/mol. The summed E-state index contributed by atoms with van der Waals surface area (Å²) < 4.78 is 19.2. The predicted octanol–water partition coefficient (Wildman–Crippen LogP) is 12.4. The van der Waals surface area contributed by atoms with E-state index in [1.54, 1.807) is 0 Å². The Morgan fingerprint density at radius 3 is 1.90 bits per heavy atom. The molecule has 10 rings (SSSR count). The van der Waals surface area contributed by atoms with E-state index in [0.717, 1.165) is 83.2 Å². The van der Waals surface area contributed by atoms with Crippen molar-refractivity contribution in [3.63, 3.8) is 0 Å². The van der Waals surface area contributed by atoms with Gasteiger partial charge in [-0.1, -0.05) is 91.0 Å². The molecule has 0 radical (unpaired) electrons. The second kappa shape index (κ2) is 10.5. The summed E-state index contributed by atoms with van der Waals surface area (Å²) >= 11 is 0. The van der Waals surface area contributed by atoms with E-state index in [-0.39, 0.29) is 0 Å². The smallest absolute Gasteiger partial charge is 0.227 e. The SMILES string of the molecule is c1ccc(-c2ccc(N(c3ccc4oc5ccc6oc(-c7ccccc7)nc6c5c4c3)c3cccc4c3oc3ccccc34)cc2)cc1. The third-order valence-electron chi connectivity index (χ3n) is 9.11. The highest BCUT2D eigenvalue weighted by molar-refractivity contribution is 6.18. The van der Waals surface area contributed by atoms with Crippen LogP contribution < -0.4 is 4.90 Å². The molecule has 0 atom stereocenters. The van der Waals surface area contributed by atoms with Gasteiger partial charge in [-0.25, -0.2) is 4.98 Å². The van der Waals surface area contributed by atoms with E-state index in [1.165, 1.54) is 5.56 Å². The Morgan fingerprint density at radius 1 is 0.417 bits per heavy atom. The summed E-state index contributed by atoms with van der Waals surface area (Å²) in [5, 5.41) is 4.05. The highest BCUT2D eigenvalue weighted by atomic mass is 16.4. The van der Waals surface area contributed by atoms with Gasteiger partial charge in [-0.2, -0.15) is 0 Å². The lowest BCUT2D eigenvalue weighted by molar-refractivity contribution is 0.619. The molecule has 0 amide bonds. The number of oxazole rings is 1. The summed E-state index contributed by atoms with van der Waals surface area (Å²) in [6.45, 7) is 0. The molecule has 48 heavy (non-hydrogen) atoms. The predicted molar refractivity (Wildman–Crippen MR) is 194 cm³/mol. The molecule has 7 aromatic carbocycles. The number of benzene rings is 7. The molecule has 3 aromatic heterocycles. The second-order valence-electron chi connectivity index (χ2n) is 12.0. The summed E-state index contributed by atoms with van der Waals surface area (Å²) in [4.78, 5) is 7.23. The van der Waals surface area contributed by atoms with E-state index in [2.05, 4.69) is 95.9 Å². The molecule has 226 valence electrons. The van der Waals surface area contributed by atoms with Crippen molar-refractivity contribution in [1.82, 2.24) is 4.98 Å². The first kappa shape index (κ1) is 26.6. The summed E-state index contributed by atoms with van der Waals surface area (Å²) in [5.41, 5.74) is 10.9. The Hall–Kier alpha value is -6.59. The fraction of sp³-hybridized carbons (Fsp3) is 0. The second-order valence-corrected chi connectivity index (χ2v) is 12.0. The topological polar surface area (TPSA) is 55.6 Å². The third-order valence-corrected chi connectivity index (χ3v) is 9.11. The number of rotatable bonds is 5. The Bertz CT molecular complexity index is 2770. The number of hydrogen-bond acceptors (Lipinski definition) is 5. The van der Waals surface area contributed by atoms with Crippen molar-refractivity contribution in [3.8, 4) is 22.6 Å². The molecule has 0 N–H and O–H groups in total. The number of anilines is 3. The maximum absolute atomic E-state index is 6.56. The van der Waals surface area contributed by atoms with E-state index in [4.69, 9.17) is 18.2 Å². The standard InChI is InChI=1S/C43H26N2O3/c1-3-10-27(11-4-1)28-18-20-30(21-19-28)45(35-16-9-15-33-32-14-7-8-17-36(32)47-42(33)35)31-22-23-37-34(26-31)40-38(46-37)24-25-39-41(40)44-43(48-39)29-12-5-2-6-13-29/h1-26H. The Kier molecular flexibility index (Phi) is 5.81. The molecule has 0 bridgehead atoms. The maximum atomic E-state index is 6.56. The van der Waals surface area contributed by atoms with Crippen molar-refractivity contribution in [2.75, 3.05) is 4.90 Å². The molecule has 3 heterocycles. The lowest BCUT2D eigenvalue weighted by Crippen LogP contribution is -2.10. The Labute approximate surface area is 274 Å². The molecule has 0 fully saturated rings. The number of hydrogen-bond donors (Lipinski definition) is 0. The number of nitrogens with zero attached hydrogens (tertiary/aromatic N) is 2. The molecule has 10 aromatic rings. The van der Waals surface area contributed by atoms with Gasteiger partial charge in [0.15, 0.2) is 11.2 Å². The largest absolute Gasteiger partial charge is 0.456 e. The Balaban J connectivity index is 1.20. The molecule has 0 aliphatic rings. The van der Waals surface area contributed by atoms with Crippen LogP contribution in [0.1, 0.15) is 0 Å². The van der Waals surface area contributed by atoms with Gasteiger partial charge < -0.3 is 18.2 Å². The van der Waals surface area contributed by atoms with Crippen molar-refractivity contribution in [2.45, 2.75) is 0 Å². The van der Waals surface area contributed by atoms with Crippen LogP contribution in [0.4, 0.5) is 17.1 Å². The van der Waals surface area contributed by atoms with Gasteiger partial charge in [-0.05, 0) is 77.9 Å². The van der Waals surface area contributed by atoms with Crippen LogP contribution in [0, 0.1) is 0 Å². The highest BCUT2D eigenvalue weighted by Gasteiger charge is 2.22. The first-order valence-electron chi connectivity index (χ1n) is 16.0. The van der Waals surface area contributed by atoms with Gasteiger partial charge in [0, 0.05) is 33.1 Å². The van der Waals surface area contributed by atoms with E-state index < -0.39 is 0 Å². The van der Waals surface area contributed by atoms with E-state index in [9.17, 15) is 0 Å². The molecule has 5 nitrogen and oxygen atoms in total. The molecule has 0 saturated carbocycles. The number of furan rings is 2. The summed E-state index contributed by atoms with van der Waals surface area (Å²) in [6.07, 6.45) is 0. The van der Waals surface area contributed by atoms with Crippen LogP contribution in [0.5, 0.6) is 0 Å². The lowest BCUT2D eigenvalue weighted by atomic mass is 10.0. The first-order valence-corrected chi connectivity index (χ1v) is 16.0. The summed E-state index contributed by atoms with van der Waals surface area (Å²) in [7, 11) is 0. The van der Waals surface area contributed by atoms with Crippen molar-refractivity contribution in [3.05, 3.63) is 158 Å². The van der Waals surface area contributed by atoms with Gasteiger partial charge >= 0.3 is 0 Å². The normalized spacial score (nSPS) is 11.8. The molecule has 0 aliphatic carbocycles. The van der Waals surface area contributed by atoms with Gasteiger partial charge in [-0.3, -0.25) is 0 Å². The zero-order chi connectivity index (χ0) is 31.6. The summed E-state index contributed by atoms with van der Waals surface area (Å²) in [5.74, 6) is 0.584. The molecule has 0 aliphatic heterocycles. The monoisotopic (exact) mass is 618 g/mol. The molecule has 0 unspecified atom stereocenters. The van der Waals surface area contributed by atoms with Crippen LogP contribution in [-0.4, -0.2) is 4.98 Å². The van der Waals surface area contributed by atoms with E-state index in [1.807, 2.05) is 66.7 Å². The van der Waals surface area contributed by atoms with Crippen LogP contribution in [0.3, 0.4) is 0 Å². The van der Waals surface area contributed by atoms with Gasteiger partial charge in [0.1, 0.15) is 22.3 Å². The van der Waals surface area contributed by atoms with Crippen LogP contribution in [0.15, 0.2) is 171 Å². The van der Waals surface area contributed by atoms with Gasteiger partial charge in [0.25, 0.3) is 0 Å². The Morgan fingerprint density at radius 2 is 1.06 bits per heavy atom. The third kappa shape index (κ3) is 4.15. The fourth-order valence-corrected chi connectivity index (χ4v) is 6.85. The summed E-state index contributed by atoms with van der Waals surface area (Å²) in [6, 6.07) is 53.9. The lowest BCUT2D eigenvalue weighted by Gasteiger charge is -2.26. The number of para-hydroxylation sites is 2. The highest BCUT2D eigenvalue weighted by Crippen LogP contribution is 2.45. The molecule has 0 saturated heterocycles.